The number of aromatic nitrogens is 5. The molecule has 5 heterocycles. The van der Waals surface area contributed by atoms with Crippen molar-refractivity contribution < 1.29 is 14.3 Å². The van der Waals surface area contributed by atoms with Gasteiger partial charge in [0, 0.05) is 44.5 Å². The molecule has 184 valence electrons. The van der Waals surface area contributed by atoms with Gasteiger partial charge in [-0.2, -0.15) is 5.10 Å². The molecular formula is C23H27N7O4S. The normalized spacial score (nSPS) is 14.7. The van der Waals surface area contributed by atoms with Crippen molar-refractivity contribution in [3.05, 3.63) is 40.6 Å². The van der Waals surface area contributed by atoms with Gasteiger partial charge in [-0.25, -0.2) is 19.3 Å². The van der Waals surface area contributed by atoms with Gasteiger partial charge in [0.2, 0.25) is 0 Å². The first-order chi connectivity index (χ1) is 16.6. The number of fused-ring (bicyclic) bond motifs is 2. The minimum absolute atomic E-state index is 0.192. The second-order valence-corrected chi connectivity index (χ2v) is 10.4. The summed E-state index contributed by atoms with van der Waals surface area (Å²) in [7, 11) is 1.57. The van der Waals surface area contributed by atoms with Gasteiger partial charge in [0.1, 0.15) is 16.3 Å². The number of nitrogens with zero attached hydrogens (tertiary/aromatic N) is 7. The van der Waals surface area contributed by atoms with E-state index in [4.69, 9.17) is 14.5 Å². The Labute approximate surface area is 205 Å². The molecule has 5 rings (SSSR count). The summed E-state index contributed by atoms with van der Waals surface area (Å²) < 4.78 is 14.1. The zero-order valence-electron chi connectivity index (χ0n) is 20.3. The molecule has 0 bridgehead atoms. The van der Waals surface area contributed by atoms with Crippen LogP contribution < -0.4 is 15.2 Å². The summed E-state index contributed by atoms with van der Waals surface area (Å²) >= 11 is 1.43. The first-order valence-electron chi connectivity index (χ1n) is 11.3. The second-order valence-electron chi connectivity index (χ2n) is 9.40. The first-order valence-corrected chi connectivity index (χ1v) is 12.1. The quantitative estimate of drug-likeness (QED) is 0.425. The highest BCUT2D eigenvalue weighted by Crippen LogP contribution is 2.29. The summed E-state index contributed by atoms with van der Waals surface area (Å²) in [6, 6.07) is 3.21. The lowest BCUT2D eigenvalue weighted by atomic mass is 10.2. The SMILES string of the molecule is COc1cc(-c2cc(=O)n3cc(N4CCN(C(=O)OC(C)(C)C)CC4)sc3n2)nn2cc(C)nc12. The van der Waals surface area contributed by atoms with Crippen molar-refractivity contribution in [2.75, 3.05) is 38.2 Å². The van der Waals surface area contributed by atoms with Crippen molar-refractivity contribution >= 4 is 33.0 Å². The summed E-state index contributed by atoms with van der Waals surface area (Å²) in [5.74, 6) is 0.555. The molecule has 4 aromatic heterocycles. The van der Waals surface area contributed by atoms with Crippen molar-refractivity contribution in [1.29, 1.82) is 0 Å². The van der Waals surface area contributed by atoms with Gasteiger partial charge in [0.15, 0.2) is 16.4 Å². The molecule has 12 heteroatoms. The third-order valence-corrected chi connectivity index (χ3v) is 6.64. The Balaban J connectivity index is 1.41. The van der Waals surface area contributed by atoms with Gasteiger partial charge in [0.05, 0.1) is 24.7 Å². The fourth-order valence-electron chi connectivity index (χ4n) is 3.94. The van der Waals surface area contributed by atoms with E-state index in [0.29, 0.717) is 53.9 Å². The van der Waals surface area contributed by atoms with E-state index in [0.717, 1.165) is 10.7 Å². The molecule has 0 aliphatic carbocycles. The van der Waals surface area contributed by atoms with Crippen molar-refractivity contribution in [3.63, 3.8) is 0 Å². The topological polar surface area (TPSA) is 107 Å². The smallest absolute Gasteiger partial charge is 0.410 e. The average Bonchev–Trinajstić information content (AvgIpc) is 3.40. The maximum absolute atomic E-state index is 12.9. The first kappa shape index (κ1) is 23.1. The zero-order valence-corrected chi connectivity index (χ0v) is 21.1. The number of anilines is 1. The molecule has 4 aromatic rings. The highest BCUT2D eigenvalue weighted by Gasteiger charge is 2.27. The summed E-state index contributed by atoms with van der Waals surface area (Å²) in [5, 5.41) is 5.50. The summed E-state index contributed by atoms with van der Waals surface area (Å²) in [5.41, 5.74) is 1.69. The number of ether oxygens (including phenoxy) is 2. The van der Waals surface area contributed by atoms with Gasteiger partial charge in [-0.1, -0.05) is 11.3 Å². The van der Waals surface area contributed by atoms with E-state index in [9.17, 15) is 9.59 Å². The van der Waals surface area contributed by atoms with E-state index in [1.165, 1.54) is 17.4 Å². The second kappa shape index (κ2) is 8.52. The van der Waals surface area contributed by atoms with Crippen molar-refractivity contribution in [2.24, 2.45) is 0 Å². The van der Waals surface area contributed by atoms with Crippen LogP contribution in [0.5, 0.6) is 5.75 Å². The van der Waals surface area contributed by atoms with Gasteiger partial charge >= 0.3 is 6.09 Å². The highest BCUT2D eigenvalue weighted by atomic mass is 32.1. The van der Waals surface area contributed by atoms with E-state index in [1.54, 1.807) is 39.4 Å². The third-order valence-electron chi connectivity index (χ3n) is 5.59. The van der Waals surface area contributed by atoms with E-state index < -0.39 is 5.60 Å². The number of hydrogen-bond acceptors (Lipinski definition) is 9. The Bertz CT molecular complexity index is 1480. The minimum atomic E-state index is -0.523. The third kappa shape index (κ3) is 4.53. The molecule has 0 saturated carbocycles. The van der Waals surface area contributed by atoms with Crippen molar-refractivity contribution in [2.45, 2.75) is 33.3 Å². The van der Waals surface area contributed by atoms with E-state index in [2.05, 4.69) is 15.0 Å². The standard InChI is InChI=1S/C23H27N7O4S/c1-14-12-30-20(24-14)17(33-5)10-16(26-30)15-11-18(31)29-13-19(35-21(29)25-15)27-6-8-28(9-7-27)22(32)34-23(2,3)4/h10-13H,6-9H2,1-5H3. The number of thiazole rings is 1. The Hall–Kier alpha value is -3.67. The van der Waals surface area contributed by atoms with Crippen LogP contribution in [0.2, 0.25) is 0 Å². The molecule has 0 aromatic carbocycles. The summed E-state index contributed by atoms with van der Waals surface area (Å²) in [6.45, 7) is 9.83. The lowest BCUT2D eigenvalue weighted by Crippen LogP contribution is -2.50. The van der Waals surface area contributed by atoms with Gasteiger partial charge in [-0.15, -0.1) is 0 Å². The Morgan fingerprint density at radius 1 is 1.06 bits per heavy atom. The number of piperazine rings is 1. The van der Waals surface area contributed by atoms with Crippen LogP contribution in [-0.2, 0) is 4.74 Å². The highest BCUT2D eigenvalue weighted by molar-refractivity contribution is 7.20. The summed E-state index contributed by atoms with van der Waals surface area (Å²) in [6.07, 6.45) is 3.30. The molecular weight excluding hydrogens is 470 g/mol. The number of rotatable bonds is 3. The lowest BCUT2D eigenvalue weighted by Gasteiger charge is -2.35. The van der Waals surface area contributed by atoms with E-state index >= 15 is 0 Å². The van der Waals surface area contributed by atoms with Gasteiger partial charge in [-0.3, -0.25) is 9.20 Å². The van der Waals surface area contributed by atoms with Gasteiger partial charge in [-0.05, 0) is 27.7 Å². The number of imidazole rings is 1. The van der Waals surface area contributed by atoms with Gasteiger partial charge < -0.3 is 19.3 Å². The molecule has 0 radical (unpaired) electrons. The van der Waals surface area contributed by atoms with E-state index in [-0.39, 0.29) is 11.7 Å². The van der Waals surface area contributed by atoms with Gasteiger partial charge in [0.25, 0.3) is 5.56 Å². The number of hydrogen-bond donors (Lipinski definition) is 0. The number of aryl methyl sites for hydroxylation is 1. The molecule has 0 atom stereocenters. The predicted molar refractivity (Wildman–Crippen MR) is 133 cm³/mol. The van der Waals surface area contributed by atoms with Crippen LogP contribution in [0.15, 0.2) is 29.3 Å². The van der Waals surface area contributed by atoms with Crippen LogP contribution in [0.4, 0.5) is 9.80 Å². The maximum Gasteiger partial charge on any atom is 0.410 e. The van der Waals surface area contributed by atoms with Crippen LogP contribution in [0.25, 0.3) is 22.0 Å². The van der Waals surface area contributed by atoms with Crippen LogP contribution in [0.3, 0.4) is 0 Å². The Morgan fingerprint density at radius 2 is 1.80 bits per heavy atom. The lowest BCUT2D eigenvalue weighted by molar-refractivity contribution is 0.0241. The fraction of sp³-hybridized carbons (Fsp3) is 0.435. The Kier molecular flexibility index (Phi) is 5.62. The molecule has 1 fully saturated rings. The molecule has 1 aliphatic rings. The Morgan fingerprint density at radius 3 is 2.49 bits per heavy atom. The van der Waals surface area contributed by atoms with Crippen LogP contribution in [0, 0.1) is 6.92 Å². The van der Waals surface area contributed by atoms with Crippen molar-refractivity contribution in [3.8, 4) is 17.1 Å². The maximum atomic E-state index is 12.9. The van der Waals surface area contributed by atoms with E-state index in [1.807, 2.05) is 27.7 Å². The number of methoxy groups -OCH3 is 1. The van der Waals surface area contributed by atoms with Crippen LogP contribution >= 0.6 is 11.3 Å². The number of amides is 1. The molecule has 1 amide bonds. The van der Waals surface area contributed by atoms with Crippen LogP contribution in [0.1, 0.15) is 26.5 Å². The predicted octanol–water partition coefficient (Wildman–Crippen LogP) is 2.84. The monoisotopic (exact) mass is 497 g/mol. The zero-order chi connectivity index (χ0) is 24.9. The summed E-state index contributed by atoms with van der Waals surface area (Å²) in [4.78, 5) is 38.9. The van der Waals surface area contributed by atoms with Crippen LogP contribution in [-0.4, -0.2) is 73.9 Å². The number of carbonyl (C=O) groups is 1. The molecule has 1 aliphatic heterocycles. The number of carbonyl (C=O) groups excluding carboxylic acids is 1. The molecule has 1 saturated heterocycles. The molecule has 0 N–H and O–H groups in total. The molecule has 35 heavy (non-hydrogen) atoms. The molecule has 0 unspecified atom stereocenters. The average molecular weight is 498 g/mol. The van der Waals surface area contributed by atoms with Crippen molar-refractivity contribution in [1.82, 2.24) is 28.9 Å². The fourth-order valence-corrected chi connectivity index (χ4v) is 4.98. The molecule has 0 spiro atoms. The minimum Gasteiger partial charge on any atom is -0.493 e. The molecule has 11 nitrogen and oxygen atoms in total. The largest absolute Gasteiger partial charge is 0.493 e.